The highest BCUT2D eigenvalue weighted by Gasteiger charge is 2.67. The fourth-order valence-corrected chi connectivity index (χ4v) is 7.75. The highest BCUT2D eigenvalue weighted by Crippen LogP contribution is 2.52. The van der Waals surface area contributed by atoms with E-state index in [1.54, 1.807) is 6.92 Å². The Labute approximate surface area is 233 Å². The quantitative estimate of drug-likeness (QED) is 0.384. The van der Waals surface area contributed by atoms with Crippen LogP contribution in [0.15, 0.2) is 26.9 Å². The Morgan fingerprint density at radius 2 is 1.59 bits per heavy atom. The van der Waals surface area contributed by atoms with Crippen LogP contribution in [-0.2, 0) is 34.9 Å². The summed E-state index contributed by atoms with van der Waals surface area (Å²) in [5.74, 6) is 0. The molecule has 2 N–H and O–H groups in total. The predicted molar refractivity (Wildman–Crippen MR) is 155 cm³/mol. The lowest BCUT2D eigenvalue weighted by Gasteiger charge is -2.43. The number of ether oxygens (including phenoxy) is 1. The van der Waals surface area contributed by atoms with Crippen molar-refractivity contribution in [2.45, 2.75) is 109 Å². The topological polar surface area (TPSA) is 141 Å². The molecule has 39 heavy (non-hydrogen) atoms. The largest absolute Gasteiger partial charge is 0.414 e. The van der Waals surface area contributed by atoms with Crippen molar-refractivity contribution in [1.82, 2.24) is 9.13 Å². The smallest absolute Gasteiger partial charge is 0.332 e. The van der Waals surface area contributed by atoms with Gasteiger partial charge in [-0.1, -0.05) is 41.5 Å². The third-order valence-electron chi connectivity index (χ3n) is 8.83. The first-order valence-corrected chi connectivity index (χ1v) is 20.4. The molecule has 1 unspecified atom stereocenters. The van der Waals surface area contributed by atoms with Crippen molar-refractivity contribution in [3.05, 3.63) is 43.7 Å². The summed E-state index contributed by atoms with van der Waals surface area (Å²) in [6, 6.07) is 0. The molecule has 4 atom stereocenters. The molecule has 0 aliphatic carbocycles. The molecular weight excluding hydrogens is 559 g/mol. The normalized spacial score (nSPS) is 27.8. The van der Waals surface area contributed by atoms with E-state index in [-0.39, 0.29) is 22.4 Å². The van der Waals surface area contributed by atoms with Crippen molar-refractivity contribution in [2.75, 3.05) is 6.61 Å². The lowest BCUT2D eigenvalue weighted by molar-refractivity contribution is -0.0566. The number of aromatic nitrogens is 2. The van der Waals surface area contributed by atoms with E-state index in [4.69, 9.17) is 23.5 Å². The SMILES string of the molecule is Cc1cn([C@@H]2O[C@H](CO[Si](C)(C)C(C)(C)C)C3(OS(=O)(=O)C=C3N)[C@H]2O[Si](C)(C)C(C)(C)C)c(=O)n(C)c1=O. The zero-order valence-corrected chi connectivity index (χ0v) is 28.1. The Morgan fingerprint density at radius 1 is 1.05 bits per heavy atom. The second-order valence-electron chi connectivity index (χ2n) is 13.7. The Balaban J connectivity index is 2.27. The van der Waals surface area contributed by atoms with Crippen molar-refractivity contribution in [3.63, 3.8) is 0 Å². The molecule has 0 bridgehead atoms. The van der Waals surface area contributed by atoms with Gasteiger partial charge in [-0.2, -0.15) is 8.42 Å². The third-order valence-corrected chi connectivity index (χ3v) is 18.8. The Bertz CT molecular complexity index is 1390. The molecular formula is C25H45N3O8SSi2. The molecule has 0 aromatic carbocycles. The van der Waals surface area contributed by atoms with Crippen LogP contribution in [0.25, 0.3) is 0 Å². The van der Waals surface area contributed by atoms with Crippen molar-refractivity contribution in [2.24, 2.45) is 12.8 Å². The van der Waals surface area contributed by atoms with Gasteiger partial charge in [0.2, 0.25) is 0 Å². The Kier molecular flexibility index (Phi) is 8.01. The lowest BCUT2D eigenvalue weighted by Crippen LogP contribution is -2.59. The van der Waals surface area contributed by atoms with Gasteiger partial charge in [0.15, 0.2) is 28.5 Å². The minimum Gasteiger partial charge on any atom is -0.414 e. The van der Waals surface area contributed by atoms with E-state index in [2.05, 4.69) is 33.9 Å². The van der Waals surface area contributed by atoms with E-state index in [0.29, 0.717) is 5.56 Å². The zero-order chi connectivity index (χ0) is 30.1. The number of nitrogens with two attached hydrogens (primary N) is 1. The Morgan fingerprint density at radius 3 is 2.05 bits per heavy atom. The van der Waals surface area contributed by atoms with E-state index >= 15 is 0 Å². The van der Waals surface area contributed by atoms with Gasteiger partial charge in [-0.05, 0) is 43.2 Å². The highest BCUT2D eigenvalue weighted by molar-refractivity contribution is 7.90. The average Bonchev–Trinajstić information content (AvgIpc) is 3.18. The summed E-state index contributed by atoms with van der Waals surface area (Å²) in [4.78, 5) is 25.9. The first-order valence-electron chi connectivity index (χ1n) is 13.1. The molecule has 11 nitrogen and oxygen atoms in total. The molecule has 3 rings (SSSR count). The van der Waals surface area contributed by atoms with Gasteiger partial charge >= 0.3 is 5.69 Å². The third kappa shape index (κ3) is 5.53. The maximum atomic E-state index is 13.4. The summed E-state index contributed by atoms with van der Waals surface area (Å²) in [6.07, 6.45) is -1.89. The molecule has 3 heterocycles. The lowest BCUT2D eigenvalue weighted by atomic mass is 9.89. The summed E-state index contributed by atoms with van der Waals surface area (Å²) in [5, 5.41) is 0.467. The first-order chi connectivity index (χ1) is 17.4. The number of hydrogen-bond acceptors (Lipinski definition) is 9. The monoisotopic (exact) mass is 603 g/mol. The number of nitrogens with zero attached hydrogens (tertiary/aromatic N) is 2. The van der Waals surface area contributed by atoms with E-state index in [9.17, 15) is 18.0 Å². The first kappa shape index (κ1) is 32.0. The Hall–Kier alpha value is -1.56. The van der Waals surface area contributed by atoms with E-state index in [0.717, 1.165) is 9.98 Å². The van der Waals surface area contributed by atoms with Crippen LogP contribution in [0.4, 0.5) is 0 Å². The van der Waals surface area contributed by atoms with Crippen LogP contribution in [0.2, 0.25) is 36.3 Å². The maximum absolute atomic E-state index is 13.4. The van der Waals surface area contributed by atoms with Gasteiger partial charge in [0.1, 0.15) is 12.2 Å². The summed E-state index contributed by atoms with van der Waals surface area (Å²) in [7, 11) is -7.77. The molecule has 1 aromatic heterocycles. The molecule has 2 aliphatic heterocycles. The van der Waals surface area contributed by atoms with Crippen molar-refractivity contribution >= 4 is 26.8 Å². The van der Waals surface area contributed by atoms with Gasteiger partial charge < -0.3 is 19.3 Å². The van der Waals surface area contributed by atoms with Gasteiger partial charge in [0.05, 0.1) is 17.7 Å². The molecule has 1 aromatic rings. The number of aryl methyl sites for hydroxylation is 1. The molecule has 1 saturated heterocycles. The van der Waals surface area contributed by atoms with Gasteiger partial charge in [0, 0.05) is 18.8 Å². The molecule has 1 fully saturated rings. The molecule has 2 aliphatic rings. The van der Waals surface area contributed by atoms with Gasteiger partial charge in [-0.25, -0.2) is 8.98 Å². The molecule has 0 radical (unpaired) electrons. The fourth-order valence-electron chi connectivity index (χ4n) is 4.24. The second kappa shape index (κ2) is 9.77. The van der Waals surface area contributed by atoms with Crippen LogP contribution in [-0.4, -0.2) is 58.6 Å². The average molecular weight is 604 g/mol. The van der Waals surface area contributed by atoms with Crippen LogP contribution in [0.5, 0.6) is 0 Å². The molecule has 0 amide bonds. The maximum Gasteiger partial charge on any atom is 0.332 e. The highest BCUT2D eigenvalue weighted by atomic mass is 32.2. The second-order valence-corrected chi connectivity index (χ2v) is 24.6. The van der Waals surface area contributed by atoms with Crippen LogP contribution in [0, 0.1) is 6.92 Å². The minimum absolute atomic E-state index is 0.0338. The summed E-state index contributed by atoms with van der Waals surface area (Å²) < 4.78 is 53.6. The molecule has 0 saturated carbocycles. The standard InChI is InChI=1S/C25H45N3O8SSi2/c1-16-13-28(22(30)27(8)20(16)29)21-19(35-39(11,12)24(5,6)7)25(17(26)15-37(31,32)36-25)18(34-21)14-33-38(9,10)23(2,3)4/h13,15,18-19,21H,14,26H2,1-12H3/t18-,19+,21-,25?/m1/s1. The molecule has 222 valence electrons. The van der Waals surface area contributed by atoms with Gasteiger partial charge in [0.25, 0.3) is 15.7 Å². The number of hydrogen-bond donors (Lipinski definition) is 1. The molecule has 1 spiro atoms. The van der Waals surface area contributed by atoms with Crippen molar-refractivity contribution in [1.29, 1.82) is 0 Å². The van der Waals surface area contributed by atoms with E-state index in [1.165, 1.54) is 17.8 Å². The summed E-state index contributed by atoms with van der Waals surface area (Å²) in [5.41, 5.74) is 3.85. The van der Waals surface area contributed by atoms with E-state index in [1.807, 2.05) is 33.9 Å². The fraction of sp³-hybridized carbons (Fsp3) is 0.760. The van der Waals surface area contributed by atoms with Crippen LogP contribution < -0.4 is 17.0 Å². The summed E-state index contributed by atoms with van der Waals surface area (Å²) >= 11 is 0. The summed E-state index contributed by atoms with van der Waals surface area (Å²) in [6.45, 7) is 22.1. The van der Waals surface area contributed by atoms with Crippen molar-refractivity contribution in [3.8, 4) is 0 Å². The van der Waals surface area contributed by atoms with Gasteiger partial charge in [-0.3, -0.25) is 13.9 Å². The van der Waals surface area contributed by atoms with Crippen LogP contribution in [0.3, 0.4) is 0 Å². The predicted octanol–water partition coefficient (Wildman–Crippen LogP) is 3.06. The van der Waals surface area contributed by atoms with Gasteiger partial charge in [-0.15, -0.1) is 0 Å². The van der Waals surface area contributed by atoms with Crippen molar-refractivity contribution < 1.29 is 26.2 Å². The van der Waals surface area contributed by atoms with Crippen LogP contribution >= 0.6 is 0 Å². The zero-order valence-electron chi connectivity index (χ0n) is 25.2. The van der Waals surface area contributed by atoms with E-state index < -0.39 is 62.0 Å². The molecule has 14 heteroatoms. The minimum atomic E-state index is -4.18. The van der Waals surface area contributed by atoms with Crippen LogP contribution in [0.1, 0.15) is 53.3 Å². The number of rotatable bonds is 6.